The third-order valence-corrected chi connectivity index (χ3v) is 5.08. The van der Waals surface area contributed by atoms with Gasteiger partial charge in [0.05, 0.1) is 5.60 Å². The number of aliphatic hydroxyl groups is 1. The summed E-state index contributed by atoms with van der Waals surface area (Å²) in [6.07, 6.45) is 2.01. The van der Waals surface area contributed by atoms with Crippen LogP contribution in [0.3, 0.4) is 0 Å². The number of hydrogen-bond donors (Lipinski definition) is 2. The van der Waals surface area contributed by atoms with E-state index >= 15 is 0 Å². The zero-order valence-electron chi connectivity index (χ0n) is 16.5. The van der Waals surface area contributed by atoms with Gasteiger partial charge in [-0.25, -0.2) is 9.97 Å². The first-order chi connectivity index (χ1) is 12.3. The van der Waals surface area contributed by atoms with Crippen LogP contribution in [0.5, 0.6) is 0 Å². The van der Waals surface area contributed by atoms with Gasteiger partial charge in [-0.15, -0.1) is 0 Å². The summed E-state index contributed by atoms with van der Waals surface area (Å²) in [4.78, 5) is 11.5. The second kappa shape index (κ2) is 7.23. The molecule has 1 aromatic heterocycles. The van der Waals surface area contributed by atoms with Gasteiger partial charge in [-0.05, 0) is 57.2 Å². The van der Waals surface area contributed by atoms with Crippen LogP contribution in [-0.4, -0.2) is 27.7 Å². The molecule has 3 rings (SSSR count). The third-order valence-electron chi connectivity index (χ3n) is 5.08. The molecule has 0 spiro atoms. The Morgan fingerprint density at radius 1 is 1.23 bits per heavy atom. The number of anilines is 2. The van der Waals surface area contributed by atoms with E-state index in [4.69, 9.17) is 0 Å². The number of nitrogens with zero attached hydrogens (tertiary/aromatic N) is 3. The number of aromatic nitrogens is 2. The van der Waals surface area contributed by atoms with Gasteiger partial charge < -0.3 is 15.3 Å². The molecule has 0 saturated heterocycles. The van der Waals surface area contributed by atoms with Crippen LogP contribution in [0.2, 0.25) is 0 Å². The van der Waals surface area contributed by atoms with Gasteiger partial charge in [0, 0.05) is 25.2 Å². The highest BCUT2D eigenvalue weighted by Gasteiger charge is 2.22. The maximum absolute atomic E-state index is 10.2. The maximum atomic E-state index is 10.2. The molecular weight excluding hydrogens is 324 g/mol. The highest BCUT2D eigenvalue weighted by atomic mass is 16.3. The molecule has 1 atom stereocenters. The minimum atomic E-state index is -0.799. The van der Waals surface area contributed by atoms with E-state index in [1.807, 2.05) is 26.8 Å². The van der Waals surface area contributed by atoms with E-state index in [0.29, 0.717) is 6.04 Å². The molecule has 1 aliphatic heterocycles. The number of fused-ring (bicyclic) bond motifs is 1. The fourth-order valence-corrected chi connectivity index (χ4v) is 3.27. The molecule has 26 heavy (non-hydrogen) atoms. The van der Waals surface area contributed by atoms with E-state index < -0.39 is 5.60 Å². The van der Waals surface area contributed by atoms with Crippen molar-refractivity contribution in [3.8, 4) is 0 Å². The number of benzene rings is 1. The van der Waals surface area contributed by atoms with E-state index in [1.54, 1.807) is 0 Å². The summed E-state index contributed by atoms with van der Waals surface area (Å²) >= 11 is 0. The normalized spacial score (nSPS) is 15.5. The Kier molecular flexibility index (Phi) is 5.19. The standard InChI is InChI=1S/C21H30N4O/c1-6-14(2)22-19-12-20(24-15(3)23-19)25-10-9-16-11-18(21(4,5)26)8-7-17(16)13-25/h7-8,11-12,14,26H,6,9-10,13H2,1-5H3,(H,22,23,24)/t14-/m1/s1. The summed E-state index contributed by atoms with van der Waals surface area (Å²) < 4.78 is 0. The number of rotatable bonds is 5. The molecule has 0 saturated carbocycles. The molecule has 2 N–H and O–H groups in total. The van der Waals surface area contributed by atoms with Crippen LogP contribution >= 0.6 is 0 Å². The Morgan fingerprint density at radius 2 is 2.00 bits per heavy atom. The van der Waals surface area contributed by atoms with Crippen LogP contribution in [0.25, 0.3) is 0 Å². The predicted molar refractivity (Wildman–Crippen MR) is 107 cm³/mol. The van der Waals surface area contributed by atoms with Crippen LogP contribution < -0.4 is 10.2 Å². The average molecular weight is 354 g/mol. The molecule has 1 aliphatic rings. The van der Waals surface area contributed by atoms with Crippen molar-refractivity contribution in [2.45, 2.75) is 65.6 Å². The summed E-state index contributed by atoms with van der Waals surface area (Å²) in [5.74, 6) is 2.65. The van der Waals surface area contributed by atoms with Gasteiger partial charge in [0.1, 0.15) is 17.5 Å². The van der Waals surface area contributed by atoms with E-state index in [1.165, 1.54) is 11.1 Å². The van der Waals surface area contributed by atoms with Crippen LogP contribution in [-0.2, 0) is 18.6 Å². The topological polar surface area (TPSA) is 61.3 Å². The molecule has 5 heteroatoms. The van der Waals surface area contributed by atoms with Crippen LogP contribution in [0.1, 0.15) is 56.6 Å². The van der Waals surface area contributed by atoms with Crippen molar-refractivity contribution >= 4 is 11.6 Å². The monoisotopic (exact) mass is 354 g/mol. The molecule has 0 aliphatic carbocycles. The van der Waals surface area contributed by atoms with Crippen molar-refractivity contribution in [1.82, 2.24) is 9.97 Å². The Bertz CT molecular complexity index is 782. The summed E-state index contributed by atoms with van der Waals surface area (Å²) in [5.41, 5.74) is 2.80. The van der Waals surface area contributed by atoms with Crippen LogP contribution in [0.4, 0.5) is 11.6 Å². The summed E-state index contributed by atoms with van der Waals surface area (Å²) in [6.45, 7) is 11.7. The van der Waals surface area contributed by atoms with Gasteiger partial charge in [-0.2, -0.15) is 0 Å². The first-order valence-corrected chi connectivity index (χ1v) is 9.48. The molecule has 2 aromatic rings. The van der Waals surface area contributed by atoms with Gasteiger partial charge in [0.15, 0.2) is 0 Å². The minimum absolute atomic E-state index is 0.388. The van der Waals surface area contributed by atoms with Gasteiger partial charge in [0.2, 0.25) is 0 Å². The fraction of sp³-hybridized carbons (Fsp3) is 0.524. The lowest BCUT2D eigenvalue weighted by molar-refractivity contribution is 0.0785. The quantitative estimate of drug-likeness (QED) is 0.855. The zero-order chi connectivity index (χ0) is 18.9. The van der Waals surface area contributed by atoms with Crippen molar-refractivity contribution in [3.63, 3.8) is 0 Å². The average Bonchev–Trinajstić information content (AvgIpc) is 2.59. The molecule has 140 valence electrons. The van der Waals surface area contributed by atoms with Gasteiger partial charge in [0.25, 0.3) is 0 Å². The van der Waals surface area contributed by atoms with E-state index in [-0.39, 0.29) is 0 Å². The Hall–Kier alpha value is -2.14. The zero-order valence-corrected chi connectivity index (χ0v) is 16.5. The largest absolute Gasteiger partial charge is 0.386 e. The Labute approximate surface area is 156 Å². The molecule has 5 nitrogen and oxygen atoms in total. The van der Waals surface area contributed by atoms with Gasteiger partial charge in [-0.3, -0.25) is 0 Å². The van der Waals surface area contributed by atoms with E-state index in [9.17, 15) is 5.11 Å². The van der Waals surface area contributed by atoms with Crippen molar-refractivity contribution in [2.75, 3.05) is 16.8 Å². The highest BCUT2D eigenvalue weighted by molar-refractivity contribution is 5.52. The lowest BCUT2D eigenvalue weighted by Crippen LogP contribution is -2.32. The van der Waals surface area contributed by atoms with E-state index in [2.05, 4.69) is 52.2 Å². The molecule has 0 amide bonds. The van der Waals surface area contributed by atoms with Crippen molar-refractivity contribution in [2.24, 2.45) is 0 Å². The molecular formula is C21H30N4O. The smallest absolute Gasteiger partial charge is 0.134 e. The summed E-state index contributed by atoms with van der Waals surface area (Å²) in [6, 6.07) is 8.76. The molecule has 0 fully saturated rings. The minimum Gasteiger partial charge on any atom is -0.386 e. The second-order valence-electron chi connectivity index (χ2n) is 7.83. The van der Waals surface area contributed by atoms with Crippen molar-refractivity contribution in [3.05, 3.63) is 46.8 Å². The lowest BCUT2D eigenvalue weighted by atomic mass is 9.91. The maximum Gasteiger partial charge on any atom is 0.134 e. The predicted octanol–water partition coefficient (Wildman–Crippen LogP) is 3.79. The molecule has 1 aromatic carbocycles. The fourth-order valence-electron chi connectivity index (χ4n) is 3.27. The van der Waals surface area contributed by atoms with Crippen molar-refractivity contribution < 1.29 is 5.11 Å². The number of nitrogens with one attached hydrogen (secondary N) is 1. The first-order valence-electron chi connectivity index (χ1n) is 9.48. The second-order valence-corrected chi connectivity index (χ2v) is 7.83. The molecule has 2 heterocycles. The Balaban J connectivity index is 1.82. The number of hydrogen-bond acceptors (Lipinski definition) is 5. The first kappa shape index (κ1) is 18.6. The SMILES string of the molecule is CC[C@@H](C)Nc1cc(N2CCc3cc(C(C)(C)O)ccc3C2)nc(C)n1. The molecule has 0 bridgehead atoms. The van der Waals surface area contributed by atoms with Gasteiger partial charge >= 0.3 is 0 Å². The summed E-state index contributed by atoms with van der Waals surface area (Å²) in [5, 5.41) is 13.7. The van der Waals surface area contributed by atoms with Gasteiger partial charge in [-0.1, -0.05) is 25.1 Å². The third kappa shape index (κ3) is 4.15. The highest BCUT2D eigenvalue weighted by Crippen LogP contribution is 2.28. The summed E-state index contributed by atoms with van der Waals surface area (Å²) in [7, 11) is 0. The molecule has 0 unspecified atom stereocenters. The lowest BCUT2D eigenvalue weighted by Gasteiger charge is -2.31. The van der Waals surface area contributed by atoms with Crippen LogP contribution in [0, 0.1) is 6.92 Å². The van der Waals surface area contributed by atoms with Crippen LogP contribution in [0.15, 0.2) is 24.3 Å². The van der Waals surface area contributed by atoms with Crippen molar-refractivity contribution in [1.29, 1.82) is 0 Å². The molecule has 0 radical (unpaired) electrons. The van der Waals surface area contributed by atoms with E-state index in [0.717, 1.165) is 49.0 Å². The Morgan fingerprint density at radius 3 is 2.69 bits per heavy atom. The number of aryl methyl sites for hydroxylation is 1.